The molecule has 0 aliphatic carbocycles. The Morgan fingerprint density at radius 1 is 1.42 bits per heavy atom. The first-order valence-corrected chi connectivity index (χ1v) is 8.25. The van der Waals surface area contributed by atoms with E-state index in [9.17, 15) is 27.6 Å². The Balaban J connectivity index is 2.03. The number of carbonyl (C=O) groups is 3. The van der Waals surface area contributed by atoms with Crippen LogP contribution in [0.4, 0.5) is 18.0 Å². The van der Waals surface area contributed by atoms with Gasteiger partial charge in [-0.05, 0) is 13.8 Å². The average Bonchev–Trinajstić information content (AvgIpc) is 2.86. The molecule has 1 aromatic heterocycles. The zero-order valence-electron chi connectivity index (χ0n) is 12.8. The summed E-state index contributed by atoms with van der Waals surface area (Å²) in [6.45, 7) is 3.00. The maximum absolute atomic E-state index is 12.3. The third kappa shape index (κ3) is 3.98. The second-order valence-electron chi connectivity index (χ2n) is 4.99. The topological polar surface area (TPSA) is 82.6 Å². The molecule has 1 aliphatic rings. The van der Waals surface area contributed by atoms with Gasteiger partial charge < -0.3 is 4.90 Å². The lowest BCUT2D eigenvalue weighted by Gasteiger charge is -2.14. The minimum Gasteiger partial charge on any atom is -0.314 e. The first kappa shape index (κ1) is 18.5. The van der Waals surface area contributed by atoms with E-state index in [0.29, 0.717) is 15.6 Å². The summed E-state index contributed by atoms with van der Waals surface area (Å²) >= 11 is 0.395. The van der Waals surface area contributed by atoms with E-state index in [1.54, 1.807) is 0 Å². The third-order valence-electron chi connectivity index (χ3n) is 3.29. The summed E-state index contributed by atoms with van der Waals surface area (Å²) < 4.78 is 36.8. The summed E-state index contributed by atoms with van der Waals surface area (Å²) in [5, 5.41) is 0.606. The lowest BCUT2D eigenvalue weighted by molar-refractivity contribution is -0.136. The van der Waals surface area contributed by atoms with Crippen LogP contribution in [0.5, 0.6) is 0 Å². The fourth-order valence-corrected chi connectivity index (χ4v) is 3.81. The van der Waals surface area contributed by atoms with Crippen LogP contribution in [0.15, 0.2) is 4.34 Å². The zero-order chi connectivity index (χ0) is 18.2. The van der Waals surface area contributed by atoms with Gasteiger partial charge >= 0.3 is 11.5 Å². The van der Waals surface area contributed by atoms with E-state index < -0.39 is 29.4 Å². The van der Waals surface area contributed by atoms with E-state index in [-0.39, 0.29) is 22.5 Å². The first-order chi connectivity index (χ1) is 11.0. The van der Waals surface area contributed by atoms with Crippen LogP contribution in [0.25, 0.3) is 0 Å². The van der Waals surface area contributed by atoms with Crippen LogP contribution >= 0.6 is 23.1 Å². The molecule has 1 fully saturated rings. The van der Waals surface area contributed by atoms with Crippen molar-refractivity contribution in [3.05, 3.63) is 10.6 Å². The van der Waals surface area contributed by atoms with Crippen LogP contribution in [0.2, 0.25) is 0 Å². The molecular weight excluding hydrogens is 369 g/mol. The molecule has 1 aliphatic heterocycles. The standard InChI is InChI=1S/C12H13F3N4O3S2/c1-5-7(23-10(16-5)24-12(13,14)15)4-8(20)17-19-9(21)6(2)18(3)11(19)22/h6H,4H2,1-3H3,(H,17,20). The van der Waals surface area contributed by atoms with Crippen molar-refractivity contribution >= 4 is 40.9 Å². The molecular formula is C12H13F3N4O3S2. The Hall–Kier alpha value is -1.82. The molecule has 0 bridgehead atoms. The number of likely N-dealkylation sites (N-methyl/N-ethyl adjacent to an activating group) is 1. The summed E-state index contributed by atoms with van der Waals surface area (Å²) in [7, 11) is 1.42. The minimum absolute atomic E-state index is 0.218. The molecule has 1 unspecified atom stereocenters. The molecule has 132 valence electrons. The number of halogens is 3. The molecule has 2 rings (SSSR count). The molecule has 7 nitrogen and oxygen atoms in total. The van der Waals surface area contributed by atoms with Crippen LogP contribution in [-0.4, -0.2) is 51.3 Å². The lowest BCUT2D eigenvalue weighted by atomic mass is 10.3. The van der Waals surface area contributed by atoms with Crippen molar-refractivity contribution in [2.45, 2.75) is 36.2 Å². The quantitative estimate of drug-likeness (QED) is 0.636. The number of nitrogens with zero attached hydrogens (tertiary/aromatic N) is 3. The van der Waals surface area contributed by atoms with E-state index in [1.165, 1.54) is 25.8 Å². The molecule has 1 aromatic rings. The number of hydrogen-bond donors (Lipinski definition) is 1. The maximum Gasteiger partial charge on any atom is 0.448 e. The van der Waals surface area contributed by atoms with Gasteiger partial charge in [-0.15, -0.1) is 11.3 Å². The number of alkyl halides is 3. The molecule has 2 heterocycles. The number of thiazole rings is 1. The number of aromatic nitrogens is 1. The molecule has 1 saturated heterocycles. The Kier molecular flexibility index (Phi) is 5.08. The molecule has 0 radical (unpaired) electrons. The van der Waals surface area contributed by atoms with Gasteiger partial charge in [-0.1, -0.05) is 0 Å². The van der Waals surface area contributed by atoms with Crippen LogP contribution in [-0.2, 0) is 16.0 Å². The van der Waals surface area contributed by atoms with E-state index in [0.717, 1.165) is 11.3 Å². The fourth-order valence-electron chi connectivity index (χ4n) is 1.89. The Morgan fingerprint density at radius 3 is 2.54 bits per heavy atom. The zero-order valence-corrected chi connectivity index (χ0v) is 14.4. The largest absolute Gasteiger partial charge is 0.448 e. The summed E-state index contributed by atoms with van der Waals surface area (Å²) in [6.07, 6.45) is -0.281. The van der Waals surface area contributed by atoms with Crippen molar-refractivity contribution in [1.29, 1.82) is 0 Å². The smallest absolute Gasteiger partial charge is 0.314 e. The van der Waals surface area contributed by atoms with Gasteiger partial charge in [0.15, 0.2) is 4.34 Å². The highest BCUT2D eigenvalue weighted by atomic mass is 32.2. The van der Waals surface area contributed by atoms with Crippen LogP contribution < -0.4 is 5.43 Å². The highest BCUT2D eigenvalue weighted by Crippen LogP contribution is 2.39. The number of amides is 4. The van der Waals surface area contributed by atoms with Gasteiger partial charge in [-0.25, -0.2) is 9.78 Å². The maximum atomic E-state index is 12.3. The lowest BCUT2D eigenvalue weighted by Crippen LogP contribution is -2.47. The second kappa shape index (κ2) is 6.59. The number of hydrazine groups is 1. The highest BCUT2D eigenvalue weighted by molar-refractivity contribution is 8.01. The van der Waals surface area contributed by atoms with E-state index in [4.69, 9.17) is 0 Å². The number of urea groups is 1. The van der Waals surface area contributed by atoms with Gasteiger partial charge in [0.2, 0.25) is 5.91 Å². The molecule has 0 aromatic carbocycles. The number of hydrogen-bond acceptors (Lipinski definition) is 6. The SMILES string of the molecule is Cc1nc(SC(F)(F)F)sc1CC(=O)NN1C(=O)C(C)N(C)C1=O. The first-order valence-electron chi connectivity index (χ1n) is 6.62. The minimum atomic E-state index is -4.46. The third-order valence-corrected chi connectivity index (χ3v) is 5.23. The number of rotatable bonds is 4. The summed E-state index contributed by atoms with van der Waals surface area (Å²) in [6, 6.07) is -1.37. The van der Waals surface area contributed by atoms with E-state index in [1.807, 2.05) is 0 Å². The van der Waals surface area contributed by atoms with Crippen LogP contribution in [0.1, 0.15) is 17.5 Å². The summed E-state index contributed by atoms with van der Waals surface area (Å²) in [5.41, 5.74) is -1.99. The van der Waals surface area contributed by atoms with Crippen LogP contribution in [0, 0.1) is 6.92 Å². The van der Waals surface area contributed by atoms with Crippen LogP contribution in [0.3, 0.4) is 0 Å². The van der Waals surface area contributed by atoms with Crippen molar-refractivity contribution in [3.63, 3.8) is 0 Å². The molecule has 12 heteroatoms. The van der Waals surface area contributed by atoms with Gasteiger partial charge in [0.25, 0.3) is 5.91 Å². The number of imide groups is 1. The summed E-state index contributed by atoms with van der Waals surface area (Å²) in [4.78, 5) is 40.9. The average molecular weight is 382 g/mol. The van der Waals surface area contributed by atoms with Crippen molar-refractivity contribution in [3.8, 4) is 0 Å². The Bertz CT molecular complexity index is 672. The molecule has 1 atom stereocenters. The molecule has 4 amide bonds. The Labute approximate surface area is 143 Å². The van der Waals surface area contributed by atoms with Gasteiger partial charge in [0.1, 0.15) is 6.04 Å². The van der Waals surface area contributed by atoms with Crippen molar-refractivity contribution < 1.29 is 27.6 Å². The van der Waals surface area contributed by atoms with Gasteiger partial charge in [0.05, 0.1) is 12.1 Å². The predicted octanol–water partition coefficient (Wildman–Crippen LogP) is 1.92. The summed E-state index contributed by atoms with van der Waals surface area (Å²) in [5.74, 6) is -1.26. The number of carbonyl (C=O) groups excluding carboxylic acids is 3. The molecule has 24 heavy (non-hydrogen) atoms. The van der Waals surface area contributed by atoms with Crippen molar-refractivity contribution in [2.75, 3.05) is 7.05 Å². The number of thioether (sulfide) groups is 1. The van der Waals surface area contributed by atoms with Crippen molar-refractivity contribution in [2.24, 2.45) is 0 Å². The van der Waals surface area contributed by atoms with Gasteiger partial charge in [-0.3, -0.25) is 15.0 Å². The van der Waals surface area contributed by atoms with Gasteiger partial charge in [-0.2, -0.15) is 18.2 Å². The van der Waals surface area contributed by atoms with E-state index >= 15 is 0 Å². The highest BCUT2D eigenvalue weighted by Gasteiger charge is 2.41. The monoisotopic (exact) mass is 382 g/mol. The second-order valence-corrected chi connectivity index (χ2v) is 7.39. The predicted molar refractivity (Wildman–Crippen MR) is 80.1 cm³/mol. The molecule has 1 N–H and O–H groups in total. The Morgan fingerprint density at radius 2 is 2.04 bits per heavy atom. The fraction of sp³-hybridized carbons (Fsp3) is 0.500. The number of nitrogens with one attached hydrogen (secondary N) is 1. The van der Waals surface area contributed by atoms with Gasteiger partial charge in [0, 0.05) is 23.7 Å². The van der Waals surface area contributed by atoms with Crippen molar-refractivity contribution in [1.82, 2.24) is 20.3 Å². The molecule has 0 spiro atoms. The van der Waals surface area contributed by atoms with E-state index in [2.05, 4.69) is 10.4 Å². The molecule has 0 saturated carbocycles. The normalized spacial score (nSPS) is 18.5. The number of aryl methyl sites for hydroxylation is 1.